The highest BCUT2D eigenvalue weighted by Gasteiger charge is 2.20. The van der Waals surface area contributed by atoms with Crippen LogP contribution < -0.4 is 4.74 Å². The van der Waals surface area contributed by atoms with Gasteiger partial charge < -0.3 is 14.6 Å². The van der Waals surface area contributed by atoms with E-state index in [1.165, 1.54) is 11.1 Å². The molecule has 4 rings (SSSR count). The molecule has 0 bridgehead atoms. The van der Waals surface area contributed by atoms with E-state index >= 15 is 0 Å². The molecule has 0 radical (unpaired) electrons. The highest BCUT2D eigenvalue weighted by Crippen LogP contribution is 2.33. The standard InChI is InChI=1S/C32H33BrFNO3/c33-32-29(17-10-18-31(32)38-24-28(19-34)37-23-27-15-8-3-9-16-27)30(36)22-35(20-25-11-4-1-5-12-25)21-26-13-6-2-7-14-26/h1-18,28,30,36H,19-24H2/t28-,30-/m1/s1. The zero-order chi connectivity index (χ0) is 26.6. The third kappa shape index (κ3) is 8.50. The van der Waals surface area contributed by atoms with Crippen molar-refractivity contribution in [3.05, 3.63) is 136 Å². The second kappa shape index (κ2) is 14.8. The zero-order valence-corrected chi connectivity index (χ0v) is 22.8. The van der Waals surface area contributed by atoms with Gasteiger partial charge in [0.05, 0.1) is 17.2 Å². The van der Waals surface area contributed by atoms with Crippen molar-refractivity contribution in [2.45, 2.75) is 31.9 Å². The van der Waals surface area contributed by atoms with E-state index in [-0.39, 0.29) is 6.61 Å². The molecule has 0 amide bonds. The molecule has 0 aliphatic carbocycles. The molecule has 4 aromatic rings. The van der Waals surface area contributed by atoms with Crippen LogP contribution >= 0.6 is 15.9 Å². The van der Waals surface area contributed by atoms with Gasteiger partial charge in [0.15, 0.2) is 0 Å². The molecule has 4 nitrogen and oxygen atoms in total. The van der Waals surface area contributed by atoms with Crippen LogP contribution in [0.25, 0.3) is 0 Å². The summed E-state index contributed by atoms with van der Waals surface area (Å²) in [5.41, 5.74) is 4.06. The van der Waals surface area contributed by atoms with Gasteiger partial charge in [-0.15, -0.1) is 0 Å². The largest absolute Gasteiger partial charge is 0.490 e. The topological polar surface area (TPSA) is 41.9 Å². The quantitative estimate of drug-likeness (QED) is 0.173. The summed E-state index contributed by atoms with van der Waals surface area (Å²) in [5.74, 6) is 0.543. The van der Waals surface area contributed by atoms with E-state index in [9.17, 15) is 9.50 Å². The average Bonchev–Trinajstić information content (AvgIpc) is 2.95. The van der Waals surface area contributed by atoms with Crippen molar-refractivity contribution in [3.8, 4) is 5.75 Å². The lowest BCUT2D eigenvalue weighted by Gasteiger charge is -2.26. The summed E-state index contributed by atoms with van der Waals surface area (Å²) in [7, 11) is 0. The van der Waals surface area contributed by atoms with Crippen molar-refractivity contribution in [3.63, 3.8) is 0 Å². The van der Waals surface area contributed by atoms with E-state index in [2.05, 4.69) is 45.1 Å². The Morgan fingerprint density at radius 2 is 1.29 bits per heavy atom. The number of rotatable bonds is 14. The van der Waals surface area contributed by atoms with Crippen molar-refractivity contribution in [2.24, 2.45) is 0 Å². The van der Waals surface area contributed by atoms with Crippen LogP contribution in [-0.2, 0) is 24.4 Å². The SMILES string of the molecule is O[C@H](CN(Cc1ccccc1)Cc1ccccc1)c1cccc(OC[C@@H](CF)OCc2ccccc2)c1Br. The summed E-state index contributed by atoms with van der Waals surface area (Å²) in [6, 6.07) is 35.7. The molecular weight excluding hydrogens is 545 g/mol. The minimum absolute atomic E-state index is 0.0651. The number of hydrogen-bond acceptors (Lipinski definition) is 4. The predicted octanol–water partition coefficient (Wildman–Crippen LogP) is 7.12. The fourth-order valence-electron chi connectivity index (χ4n) is 4.22. The molecule has 0 aliphatic rings. The molecule has 4 aromatic carbocycles. The third-order valence-corrected chi connectivity index (χ3v) is 7.06. The van der Waals surface area contributed by atoms with Crippen molar-refractivity contribution in [2.75, 3.05) is 19.8 Å². The van der Waals surface area contributed by atoms with Crippen molar-refractivity contribution >= 4 is 15.9 Å². The number of ether oxygens (including phenoxy) is 2. The van der Waals surface area contributed by atoms with Gasteiger partial charge in [-0.25, -0.2) is 4.39 Å². The predicted molar refractivity (Wildman–Crippen MR) is 153 cm³/mol. The number of nitrogens with zero attached hydrogens (tertiary/aromatic N) is 1. The molecule has 6 heteroatoms. The molecule has 2 atom stereocenters. The maximum Gasteiger partial charge on any atom is 0.133 e. The van der Waals surface area contributed by atoms with Gasteiger partial charge in [-0.3, -0.25) is 4.90 Å². The summed E-state index contributed by atoms with van der Waals surface area (Å²) >= 11 is 3.62. The van der Waals surface area contributed by atoms with E-state index in [0.29, 0.717) is 36.5 Å². The normalized spacial score (nSPS) is 12.8. The Bertz CT molecular complexity index is 1190. The first-order valence-corrected chi connectivity index (χ1v) is 13.5. The van der Waals surface area contributed by atoms with Crippen LogP contribution in [0.1, 0.15) is 28.4 Å². The molecule has 198 valence electrons. The summed E-state index contributed by atoms with van der Waals surface area (Å²) in [6.45, 7) is 1.57. The van der Waals surface area contributed by atoms with Crippen molar-refractivity contribution in [1.82, 2.24) is 4.90 Å². The second-order valence-electron chi connectivity index (χ2n) is 9.20. The summed E-state index contributed by atoms with van der Waals surface area (Å²) in [4.78, 5) is 2.23. The van der Waals surface area contributed by atoms with E-state index in [0.717, 1.165) is 11.1 Å². The monoisotopic (exact) mass is 577 g/mol. The molecule has 0 saturated carbocycles. The smallest absolute Gasteiger partial charge is 0.133 e. The van der Waals surface area contributed by atoms with Crippen LogP contribution in [0.5, 0.6) is 5.75 Å². The fourth-order valence-corrected chi connectivity index (χ4v) is 4.86. The first-order chi connectivity index (χ1) is 18.6. The molecule has 1 N–H and O–H groups in total. The Kier molecular flexibility index (Phi) is 10.9. The van der Waals surface area contributed by atoms with Gasteiger partial charge >= 0.3 is 0 Å². The van der Waals surface area contributed by atoms with Gasteiger partial charge in [0.2, 0.25) is 0 Å². The van der Waals surface area contributed by atoms with Gasteiger partial charge in [0.25, 0.3) is 0 Å². The zero-order valence-electron chi connectivity index (χ0n) is 21.3. The van der Waals surface area contributed by atoms with Crippen LogP contribution in [0.2, 0.25) is 0 Å². The molecule has 0 spiro atoms. The van der Waals surface area contributed by atoms with Crippen LogP contribution in [0.15, 0.2) is 114 Å². The van der Waals surface area contributed by atoms with E-state index in [1.807, 2.05) is 78.9 Å². The number of hydrogen-bond donors (Lipinski definition) is 1. The van der Waals surface area contributed by atoms with Crippen LogP contribution in [0, 0.1) is 0 Å². The van der Waals surface area contributed by atoms with Crippen LogP contribution in [0.4, 0.5) is 4.39 Å². The summed E-state index contributed by atoms with van der Waals surface area (Å²) in [6.07, 6.45) is -1.45. The number of alkyl halides is 1. The number of benzene rings is 4. The van der Waals surface area contributed by atoms with Gasteiger partial charge in [0, 0.05) is 19.6 Å². The maximum atomic E-state index is 13.6. The fraction of sp³-hybridized carbons (Fsp3) is 0.250. The van der Waals surface area contributed by atoms with Crippen molar-refractivity contribution in [1.29, 1.82) is 0 Å². The highest BCUT2D eigenvalue weighted by atomic mass is 79.9. The first-order valence-electron chi connectivity index (χ1n) is 12.7. The van der Waals surface area contributed by atoms with Gasteiger partial charge in [-0.05, 0) is 44.3 Å². The van der Waals surface area contributed by atoms with Gasteiger partial charge in [-0.1, -0.05) is 103 Å². The Labute approximate surface area is 232 Å². The van der Waals surface area contributed by atoms with E-state index < -0.39 is 18.9 Å². The Hall–Kier alpha value is -3.03. The van der Waals surface area contributed by atoms with Crippen LogP contribution in [0.3, 0.4) is 0 Å². The number of aliphatic hydroxyl groups is 1. The Morgan fingerprint density at radius 3 is 1.84 bits per heavy atom. The molecule has 0 saturated heterocycles. The van der Waals surface area contributed by atoms with Gasteiger partial charge in [-0.2, -0.15) is 0 Å². The van der Waals surface area contributed by atoms with Crippen LogP contribution in [-0.4, -0.2) is 35.9 Å². The lowest BCUT2D eigenvalue weighted by atomic mass is 10.1. The van der Waals surface area contributed by atoms with Gasteiger partial charge in [0.1, 0.15) is 25.1 Å². The lowest BCUT2D eigenvalue weighted by molar-refractivity contribution is -0.00459. The first kappa shape index (κ1) is 28.0. The molecule has 0 fully saturated rings. The molecule has 0 heterocycles. The molecular formula is C32H33BrFNO3. The summed E-state index contributed by atoms with van der Waals surface area (Å²) in [5, 5.41) is 11.3. The third-order valence-electron chi connectivity index (χ3n) is 6.21. The van der Waals surface area contributed by atoms with E-state index in [1.54, 1.807) is 6.07 Å². The molecule has 0 aromatic heterocycles. The number of halogens is 2. The summed E-state index contributed by atoms with van der Waals surface area (Å²) < 4.78 is 25.9. The van der Waals surface area contributed by atoms with Crippen molar-refractivity contribution < 1.29 is 19.0 Å². The average molecular weight is 579 g/mol. The Balaban J connectivity index is 1.40. The highest BCUT2D eigenvalue weighted by molar-refractivity contribution is 9.10. The Morgan fingerprint density at radius 1 is 0.737 bits per heavy atom. The lowest BCUT2D eigenvalue weighted by Crippen LogP contribution is -2.28. The number of aliphatic hydroxyl groups excluding tert-OH is 1. The van der Waals surface area contributed by atoms with E-state index in [4.69, 9.17) is 9.47 Å². The minimum atomic E-state index is -0.758. The molecule has 0 unspecified atom stereocenters. The molecule has 38 heavy (non-hydrogen) atoms. The second-order valence-corrected chi connectivity index (χ2v) is 9.99. The maximum absolute atomic E-state index is 13.6. The minimum Gasteiger partial charge on any atom is -0.490 e. The molecule has 0 aliphatic heterocycles.